The van der Waals surface area contributed by atoms with Gasteiger partial charge in [0.25, 0.3) is 15.9 Å². The van der Waals surface area contributed by atoms with Crippen LogP contribution in [0, 0.1) is 0 Å². The molecule has 0 aliphatic rings. The van der Waals surface area contributed by atoms with Crippen molar-refractivity contribution in [1.29, 1.82) is 0 Å². The first kappa shape index (κ1) is 21.8. The lowest BCUT2D eigenvalue weighted by atomic mass is 10.1. The molecule has 0 heterocycles. The standard InChI is InChI=1S/C22H20N2O6S/c1-29-17-10-12-18(13-11-17)31(27,28)24-16-7-5-6-15(14-16)21(25)23-20-9-4-3-8-19(20)22(26)30-2/h3-14,24H,1-2H3,(H,23,25). The molecule has 0 bridgehead atoms. The molecule has 0 fully saturated rings. The van der Waals surface area contributed by atoms with Crippen molar-refractivity contribution in [3.63, 3.8) is 0 Å². The Kier molecular flexibility index (Phi) is 6.56. The third-order valence-corrected chi connectivity index (χ3v) is 5.72. The van der Waals surface area contributed by atoms with Gasteiger partial charge in [0, 0.05) is 11.3 Å². The number of carbonyl (C=O) groups excluding carboxylic acids is 2. The zero-order chi connectivity index (χ0) is 22.4. The average Bonchev–Trinajstić information content (AvgIpc) is 2.78. The lowest BCUT2D eigenvalue weighted by Gasteiger charge is -2.12. The fourth-order valence-electron chi connectivity index (χ4n) is 2.77. The maximum absolute atomic E-state index is 12.7. The van der Waals surface area contributed by atoms with E-state index in [9.17, 15) is 18.0 Å². The van der Waals surface area contributed by atoms with E-state index in [1.54, 1.807) is 24.3 Å². The van der Waals surface area contributed by atoms with Gasteiger partial charge in [-0.05, 0) is 54.6 Å². The summed E-state index contributed by atoms with van der Waals surface area (Å²) in [6.45, 7) is 0. The van der Waals surface area contributed by atoms with Crippen LogP contribution in [0.5, 0.6) is 5.75 Å². The molecule has 31 heavy (non-hydrogen) atoms. The van der Waals surface area contributed by atoms with E-state index < -0.39 is 21.9 Å². The van der Waals surface area contributed by atoms with E-state index in [0.717, 1.165) is 0 Å². The van der Waals surface area contributed by atoms with Gasteiger partial charge in [-0.15, -0.1) is 0 Å². The summed E-state index contributed by atoms with van der Waals surface area (Å²) in [6.07, 6.45) is 0. The molecule has 3 rings (SSSR count). The van der Waals surface area contributed by atoms with Crippen LogP contribution in [0.3, 0.4) is 0 Å². The highest BCUT2D eigenvalue weighted by Crippen LogP contribution is 2.21. The van der Waals surface area contributed by atoms with Crippen molar-refractivity contribution in [1.82, 2.24) is 0 Å². The lowest BCUT2D eigenvalue weighted by Crippen LogP contribution is -2.16. The molecule has 0 aliphatic carbocycles. The van der Waals surface area contributed by atoms with Crippen LogP contribution in [0.1, 0.15) is 20.7 Å². The molecule has 160 valence electrons. The summed E-state index contributed by atoms with van der Waals surface area (Å²) in [6, 6.07) is 18.3. The summed E-state index contributed by atoms with van der Waals surface area (Å²) >= 11 is 0. The Morgan fingerprint density at radius 1 is 0.871 bits per heavy atom. The summed E-state index contributed by atoms with van der Waals surface area (Å²) in [7, 11) is -1.12. The van der Waals surface area contributed by atoms with Crippen molar-refractivity contribution in [3.05, 3.63) is 83.9 Å². The van der Waals surface area contributed by atoms with Crippen molar-refractivity contribution in [2.75, 3.05) is 24.3 Å². The number of rotatable bonds is 7. The normalized spacial score (nSPS) is 10.8. The second kappa shape index (κ2) is 9.31. The van der Waals surface area contributed by atoms with Gasteiger partial charge >= 0.3 is 5.97 Å². The highest BCUT2D eigenvalue weighted by molar-refractivity contribution is 7.92. The number of hydrogen-bond donors (Lipinski definition) is 2. The van der Waals surface area contributed by atoms with Crippen LogP contribution in [0.2, 0.25) is 0 Å². The Hall–Kier alpha value is -3.85. The number of sulfonamides is 1. The summed E-state index contributed by atoms with van der Waals surface area (Å²) < 4.78 is 37.4. The molecule has 3 aromatic rings. The molecule has 0 saturated heterocycles. The van der Waals surface area contributed by atoms with E-state index in [0.29, 0.717) is 5.75 Å². The number of hydrogen-bond acceptors (Lipinski definition) is 6. The van der Waals surface area contributed by atoms with Crippen LogP contribution < -0.4 is 14.8 Å². The topological polar surface area (TPSA) is 111 Å². The number of ether oxygens (including phenoxy) is 2. The van der Waals surface area contributed by atoms with E-state index in [-0.39, 0.29) is 27.4 Å². The second-order valence-electron chi connectivity index (χ2n) is 6.35. The predicted molar refractivity (Wildman–Crippen MR) is 116 cm³/mol. The number of amides is 1. The van der Waals surface area contributed by atoms with E-state index in [1.165, 1.54) is 62.8 Å². The van der Waals surface area contributed by atoms with Crippen LogP contribution in [0.25, 0.3) is 0 Å². The number of carbonyl (C=O) groups is 2. The van der Waals surface area contributed by atoms with Gasteiger partial charge in [-0.1, -0.05) is 18.2 Å². The van der Waals surface area contributed by atoms with Crippen LogP contribution in [-0.2, 0) is 14.8 Å². The van der Waals surface area contributed by atoms with Crippen molar-refractivity contribution >= 4 is 33.3 Å². The molecule has 0 spiro atoms. The minimum Gasteiger partial charge on any atom is -0.497 e. The maximum atomic E-state index is 12.7. The lowest BCUT2D eigenvalue weighted by molar-refractivity contribution is 0.0602. The van der Waals surface area contributed by atoms with Gasteiger partial charge in [0.2, 0.25) is 0 Å². The van der Waals surface area contributed by atoms with Crippen molar-refractivity contribution in [2.24, 2.45) is 0 Å². The van der Waals surface area contributed by atoms with Gasteiger partial charge in [0.05, 0.1) is 30.4 Å². The molecule has 8 nitrogen and oxygen atoms in total. The van der Waals surface area contributed by atoms with Crippen LogP contribution in [-0.4, -0.2) is 34.5 Å². The highest BCUT2D eigenvalue weighted by Gasteiger charge is 2.17. The molecule has 0 saturated carbocycles. The minimum atomic E-state index is -3.86. The zero-order valence-electron chi connectivity index (χ0n) is 16.8. The molecule has 0 radical (unpaired) electrons. The van der Waals surface area contributed by atoms with Gasteiger partial charge in [0.1, 0.15) is 5.75 Å². The third-order valence-electron chi connectivity index (χ3n) is 4.33. The van der Waals surface area contributed by atoms with Crippen LogP contribution in [0.15, 0.2) is 77.7 Å². The predicted octanol–water partition coefficient (Wildman–Crippen LogP) is 3.53. The second-order valence-corrected chi connectivity index (χ2v) is 8.04. The number of nitrogens with one attached hydrogen (secondary N) is 2. The fraction of sp³-hybridized carbons (Fsp3) is 0.0909. The number of methoxy groups -OCH3 is 2. The monoisotopic (exact) mass is 440 g/mol. The van der Waals surface area contributed by atoms with Crippen LogP contribution in [0.4, 0.5) is 11.4 Å². The zero-order valence-corrected chi connectivity index (χ0v) is 17.6. The smallest absolute Gasteiger partial charge is 0.339 e. The molecule has 0 atom stereocenters. The van der Waals surface area contributed by atoms with E-state index >= 15 is 0 Å². The molecule has 3 aromatic carbocycles. The van der Waals surface area contributed by atoms with Gasteiger partial charge in [-0.25, -0.2) is 13.2 Å². The Morgan fingerprint density at radius 2 is 1.58 bits per heavy atom. The molecule has 0 unspecified atom stereocenters. The molecular formula is C22H20N2O6S. The van der Waals surface area contributed by atoms with Crippen molar-refractivity contribution in [2.45, 2.75) is 4.90 Å². The quantitative estimate of drug-likeness (QED) is 0.544. The molecular weight excluding hydrogens is 420 g/mol. The number of para-hydroxylation sites is 1. The van der Waals surface area contributed by atoms with Gasteiger partial charge in [-0.3, -0.25) is 9.52 Å². The minimum absolute atomic E-state index is 0.0511. The maximum Gasteiger partial charge on any atom is 0.339 e. The summed E-state index contributed by atoms with van der Waals surface area (Å²) in [5.74, 6) is -0.566. The van der Waals surface area contributed by atoms with Crippen molar-refractivity contribution in [3.8, 4) is 5.75 Å². The first-order chi connectivity index (χ1) is 14.8. The first-order valence-corrected chi connectivity index (χ1v) is 10.6. The Bertz CT molecular complexity index is 1210. The first-order valence-electron chi connectivity index (χ1n) is 9.09. The largest absolute Gasteiger partial charge is 0.497 e. The Morgan fingerprint density at radius 3 is 2.26 bits per heavy atom. The Balaban J connectivity index is 1.80. The van der Waals surface area contributed by atoms with E-state index in [2.05, 4.69) is 10.0 Å². The number of benzene rings is 3. The number of anilines is 2. The third kappa shape index (κ3) is 5.20. The average molecular weight is 440 g/mol. The van der Waals surface area contributed by atoms with Crippen LogP contribution >= 0.6 is 0 Å². The molecule has 0 aromatic heterocycles. The molecule has 1 amide bonds. The highest BCUT2D eigenvalue weighted by atomic mass is 32.2. The number of esters is 1. The van der Waals surface area contributed by atoms with Gasteiger partial charge in [-0.2, -0.15) is 0 Å². The SMILES string of the molecule is COC(=O)c1ccccc1NC(=O)c1cccc(NS(=O)(=O)c2ccc(OC)cc2)c1. The summed E-state index contributed by atoms with van der Waals surface area (Å²) in [5.41, 5.74) is 0.901. The van der Waals surface area contributed by atoms with Crippen molar-refractivity contribution < 1.29 is 27.5 Å². The molecule has 9 heteroatoms. The molecule has 0 aliphatic heterocycles. The summed E-state index contributed by atoms with van der Waals surface area (Å²) in [5, 5.41) is 2.65. The van der Waals surface area contributed by atoms with E-state index in [1.807, 2.05) is 0 Å². The fourth-order valence-corrected chi connectivity index (χ4v) is 3.82. The summed E-state index contributed by atoms with van der Waals surface area (Å²) in [4.78, 5) is 24.6. The van der Waals surface area contributed by atoms with Gasteiger partial charge in [0.15, 0.2) is 0 Å². The molecule has 2 N–H and O–H groups in total. The Labute approximate surface area is 179 Å². The van der Waals surface area contributed by atoms with Gasteiger partial charge < -0.3 is 14.8 Å². The van der Waals surface area contributed by atoms with E-state index in [4.69, 9.17) is 9.47 Å².